The molecule has 1 heterocycles. The minimum Gasteiger partial charge on any atom is -0.455 e. The van der Waals surface area contributed by atoms with Gasteiger partial charge in [0.1, 0.15) is 12.3 Å². The molecule has 7 nitrogen and oxygen atoms in total. The molecule has 0 aliphatic carbocycles. The highest BCUT2D eigenvalue weighted by molar-refractivity contribution is 7.92. The van der Waals surface area contributed by atoms with Crippen molar-refractivity contribution in [2.24, 2.45) is 0 Å². The van der Waals surface area contributed by atoms with E-state index in [-0.39, 0.29) is 12.6 Å². The van der Waals surface area contributed by atoms with Gasteiger partial charge in [-0.25, -0.2) is 8.42 Å². The van der Waals surface area contributed by atoms with Crippen LogP contribution in [0.4, 0.5) is 5.69 Å². The van der Waals surface area contributed by atoms with Gasteiger partial charge in [-0.15, -0.1) is 0 Å². The molecule has 1 unspecified atom stereocenters. The second-order valence-electron chi connectivity index (χ2n) is 6.59. The fraction of sp³-hybridized carbons (Fsp3) is 0.350. The number of benzene rings is 2. The molecule has 1 fully saturated rings. The van der Waals surface area contributed by atoms with Gasteiger partial charge >= 0.3 is 0 Å². The molecule has 2 aromatic carbocycles. The van der Waals surface area contributed by atoms with E-state index in [9.17, 15) is 13.2 Å². The molecule has 0 aromatic heterocycles. The van der Waals surface area contributed by atoms with Crippen LogP contribution in [0.1, 0.15) is 12.8 Å². The van der Waals surface area contributed by atoms with Crippen LogP contribution in [0.2, 0.25) is 0 Å². The Hall–Kier alpha value is -2.58. The predicted molar refractivity (Wildman–Crippen MR) is 107 cm³/mol. The molecule has 1 atom stereocenters. The SMILES string of the molecule is CS(=O)(=O)N(CC(=O)NCC1CCCO1)c1ccccc1Oc1ccccc1. The summed E-state index contributed by atoms with van der Waals surface area (Å²) in [6.07, 6.45) is 2.92. The zero-order chi connectivity index (χ0) is 20.0. The molecule has 0 spiro atoms. The summed E-state index contributed by atoms with van der Waals surface area (Å²) in [7, 11) is -3.70. The maximum atomic E-state index is 12.4. The lowest BCUT2D eigenvalue weighted by atomic mass is 10.2. The summed E-state index contributed by atoms with van der Waals surface area (Å²) in [5, 5.41) is 2.76. The van der Waals surface area contributed by atoms with Gasteiger partial charge in [0.05, 0.1) is 18.0 Å². The molecular formula is C20H24N2O5S. The summed E-state index contributed by atoms with van der Waals surface area (Å²) >= 11 is 0. The Morgan fingerprint density at radius 2 is 1.89 bits per heavy atom. The Kier molecular flexibility index (Phi) is 6.53. The number of carbonyl (C=O) groups excluding carboxylic acids is 1. The van der Waals surface area contributed by atoms with Crippen LogP contribution in [0.15, 0.2) is 54.6 Å². The van der Waals surface area contributed by atoms with Crippen molar-refractivity contribution in [3.63, 3.8) is 0 Å². The van der Waals surface area contributed by atoms with Crippen LogP contribution in [0.5, 0.6) is 11.5 Å². The van der Waals surface area contributed by atoms with Crippen molar-refractivity contribution >= 4 is 21.6 Å². The molecule has 3 rings (SSSR count). The molecule has 28 heavy (non-hydrogen) atoms. The van der Waals surface area contributed by atoms with Gasteiger partial charge < -0.3 is 14.8 Å². The molecule has 150 valence electrons. The summed E-state index contributed by atoms with van der Waals surface area (Å²) in [5.41, 5.74) is 0.307. The first-order valence-corrected chi connectivity index (χ1v) is 11.0. The second kappa shape index (κ2) is 9.07. The van der Waals surface area contributed by atoms with Crippen LogP contribution >= 0.6 is 0 Å². The van der Waals surface area contributed by atoms with Gasteiger partial charge in [-0.2, -0.15) is 0 Å². The highest BCUT2D eigenvalue weighted by Crippen LogP contribution is 2.33. The number of hydrogen-bond acceptors (Lipinski definition) is 5. The van der Waals surface area contributed by atoms with Gasteiger partial charge in [0.2, 0.25) is 15.9 Å². The van der Waals surface area contributed by atoms with Crippen molar-refractivity contribution in [2.45, 2.75) is 18.9 Å². The fourth-order valence-corrected chi connectivity index (χ4v) is 3.83. The first kappa shape index (κ1) is 20.2. The standard InChI is InChI=1S/C20H24N2O5S/c1-28(24,25)22(15-20(23)21-14-17-10-7-13-26-17)18-11-5-6-12-19(18)27-16-8-3-2-4-9-16/h2-6,8-9,11-12,17H,7,10,13-15H2,1H3,(H,21,23). The number of amides is 1. The van der Waals surface area contributed by atoms with E-state index in [0.29, 0.717) is 30.3 Å². The van der Waals surface area contributed by atoms with E-state index in [1.807, 2.05) is 18.2 Å². The quantitative estimate of drug-likeness (QED) is 0.731. The van der Waals surface area contributed by atoms with Crippen molar-refractivity contribution in [3.05, 3.63) is 54.6 Å². The van der Waals surface area contributed by atoms with E-state index in [1.165, 1.54) is 0 Å². The lowest BCUT2D eigenvalue weighted by Gasteiger charge is -2.24. The summed E-state index contributed by atoms with van der Waals surface area (Å²) in [5.74, 6) is 0.535. The lowest BCUT2D eigenvalue weighted by Crippen LogP contribution is -2.42. The molecule has 8 heteroatoms. The van der Waals surface area contributed by atoms with Crippen LogP contribution in [0.3, 0.4) is 0 Å². The molecule has 1 aliphatic heterocycles. The zero-order valence-electron chi connectivity index (χ0n) is 15.7. The molecule has 1 saturated heterocycles. The number of nitrogens with zero attached hydrogens (tertiary/aromatic N) is 1. The van der Waals surface area contributed by atoms with Crippen molar-refractivity contribution in [2.75, 3.05) is 30.3 Å². The van der Waals surface area contributed by atoms with Crippen LogP contribution in [-0.4, -0.2) is 46.4 Å². The van der Waals surface area contributed by atoms with E-state index >= 15 is 0 Å². The van der Waals surface area contributed by atoms with Gasteiger partial charge in [0.25, 0.3) is 0 Å². The first-order chi connectivity index (χ1) is 13.4. The number of sulfonamides is 1. The third-order valence-electron chi connectivity index (χ3n) is 4.34. The maximum absolute atomic E-state index is 12.4. The first-order valence-electron chi connectivity index (χ1n) is 9.11. The number of nitrogens with one attached hydrogen (secondary N) is 1. The van der Waals surface area contributed by atoms with E-state index in [1.54, 1.807) is 36.4 Å². The third kappa shape index (κ3) is 5.46. The van der Waals surface area contributed by atoms with Gasteiger partial charge in [-0.1, -0.05) is 30.3 Å². The van der Waals surface area contributed by atoms with E-state index < -0.39 is 15.9 Å². The third-order valence-corrected chi connectivity index (χ3v) is 5.47. The molecule has 0 bridgehead atoms. The van der Waals surface area contributed by atoms with E-state index in [0.717, 1.165) is 23.4 Å². The van der Waals surface area contributed by atoms with Crippen molar-refractivity contribution in [1.82, 2.24) is 5.32 Å². The van der Waals surface area contributed by atoms with Crippen molar-refractivity contribution in [1.29, 1.82) is 0 Å². The molecule has 1 aliphatic rings. The minimum absolute atomic E-state index is 0.00988. The Morgan fingerprint density at radius 3 is 2.57 bits per heavy atom. The van der Waals surface area contributed by atoms with Crippen LogP contribution in [0, 0.1) is 0 Å². The number of carbonyl (C=O) groups is 1. The highest BCUT2D eigenvalue weighted by atomic mass is 32.2. The normalized spacial score (nSPS) is 16.5. The second-order valence-corrected chi connectivity index (χ2v) is 8.50. The fourth-order valence-electron chi connectivity index (χ4n) is 2.97. The molecule has 0 saturated carbocycles. The monoisotopic (exact) mass is 404 g/mol. The maximum Gasteiger partial charge on any atom is 0.240 e. The van der Waals surface area contributed by atoms with Crippen molar-refractivity contribution < 1.29 is 22.7 Å². The van der Waals surface area contributed by atoms with Crippen LogP contribution < -0.4 is 14.4 Å². The summed E-state index contributed by atoms with van der Waals surface area (Å²) in [4.78, 5) is 12.4. The molecule has 2 aromatic rings. The topological polar surface area (TPSA) is 84.9 Å². The average molecular weight is 404 g/mol. The smallest absolute Gasteiger partial charge is 0.240 e. The Bertz CT molecular complexity index is 896. The number of para-hydroxylation sites is 3. The van der Waals surface area contributed by atoms with Crippen molar-refractivity contribution in [3.8, 4) is 11.5 Å². The number of anilines is 1. The summed E-state index contributed by atoms with van der Waals surface area (Å²) < 4.78 is 37.2. The van der Waals surface area contributed by atoms with E-state index in [2.05, 4.69) is 5.32 Å². The Morgan fingerprint density at radius 1 is 1.18 bits per heavy atom. The molecule has 1 N–H and O–H groups in total. The van der Waals surface area contributed by atoms with Gasteiger partial charge in [0.15, 0.2) is 5.75 Å². The summed E-state index contributed by atoms with van der Waals surface area (Å²) in [6, 6.07) is 15.8. The summed E-state index contributed by atoms with van der Waals surface area (Å²) in [6.45, 7) is 0.736. The van der Waals surface area contributed by atoms with Crippen LogP contribution in [-0.2, 0) is 19.6 Å². The number of hydrogen-bond donors (Lipinski definition) is 1. The zero-order valence-corrected chi connectivity index (χ0v) is 16.5. The molecule has 0 radical (unpaired) electrons. The average Bonchev–Trinajstić information content (AvgIpc) is 3.19. The van der Waals surface area contributed by atoms with Gasteiger partial charge in [0, 0.05) is 13.2 Å². The molecule has 1 amide bonds. The minimum atomic E-state index is -3.70. The van der Waals surface area contributed by atoms with Gasteiger partial charge in [-0.3, -0.25) is 9.10 Å². The number of ether oxygens (including phenoxy) is 2. The Labute approximate surface area is 165 Å². The van der Waals surface area contributed by atoms with Crippen LogP contribution in [0.25, 0.3) is 0 Å². The van der Waals surface area contributed by atoms with Gasteiger partial charge in [-0.05, 0) is 37.1 Å². The number of rotatable bonds is 8. The largest absolute Gasteiger partial charge is 0.455 e. The van der Waals surface area contributed by atoms with E-state index in [4.69, 9.17) is 9.47 Å². The Balaban J connectivity index is 1.77. The molecular weight excluding hydrogens is 380 g/mol. The highest BCUT2D eigenvalue weighted by Gasteiger charge is 2.25. The predicted octanol–water partition coefficient (Wildman–Crippen LogP) is 2.54. The lowest BCUT2D eigenvalue weighted by molar-refractivity contribution is -0.120.